The van der Waals surface area contributed by atoms with E-state index >= 15 is 0 Å². The van der Waals surface area contributed by atoms with Gasteiger partial charge in [0, 0.05) is 0 Å². The molecule has 1 heterocycles. The highest BCUT2D eigenvalue weighted by atomic mass is 16.6. The molecule has 3 heteroatoms. The second kappa shape index (κ2) is 7.32. The minimum Gasteiger partial charge on any atom is -0.393 e. The van der Waals surface area contributed by atoms with Gasteiger partial charge in [-0.15, -0.1) is 0 Å². The number of rotatable bonds is 4. The highest BCUT2D eigenvalue weighted by molar-refractivity contribution is 5.33. The van der Waals surface area contributed by atoms with Gasteiger partial charge in [0.2, 0.25) is 0 Å². The second-order valence-electron chi connectivity index (χ2n) is 14.7. The fourth-order valence-corrected chi connectivity index (χ4v) is 10.2. The molecule has 0 radical (unpaired) electrons. The number of fused-ring (bicyclic) bond motifs is 5. The number of hydrogen-bond donors (Lipinski definition) is 2. The molecule has 0 bridgehead atoms. The lowest BCUT2D eigenvalue weighted by atomic mass is 9.41. The van der Waals surface area contributed by atoms with Crippen LogP contribution in [-0.4, -0.2) is 34.1 Å². The van der Waals surface area contributed by atoms with E-state index in [0.717, 1.165) is 19.3 Å². The first-order chi connectivity index (χ1) is 15.2. The van der Waals surface area contributed by atoms with Gasteiger partial charge in [0.05, 0.1) is 17.8 Å². The van der Waals surface area contributed by atoms with Gasteiger partial charge in [0.15, 0.2) is 0 Å². The molecule has 1 saturated heterocycles. The maximum atomic E-state index is 10.9. The molecule has 0 unspecified atom stereocenters. The lowest BCUT2D eigenvalue weighted by molar-refractivity contribution is -0.131. The number of hydrogen-bond acceptors (Lipinski definition) is 3. The van der Waals surface area contributed by atoms with Gasteiger partial charge in [-0.05, 0) is 111 Å². The van der Waals surface area contributed by atoms with Crippen LogP contribution in [0.3, 0.4) is 0 Å². The van der Waals surface area contributed by atoms with Crippen LogP contribution in [0.2, 0.25) is 0 Å². The minimum atomic E-state index is -0.341. The monoisotopic (exact) mass is 458 g/mol. The molecular formula is C30H50O3. The Morgan fingerprint density at radius 3 is 2.30 bits per heavy atom. The van der Waals surface area contributed by atoms with E-state index < -0.39 is 0 Å². The van der Waals surface area contributed by atoms with Gasteiger partial charge in [-0.1, -0.05) is 53.2 Å². The van der Waals surface area contributed by atoms with Gasteiger partial charge in [0.1, 0.15) is 6.10 Å². The highest BCUT2D eigenvalue weighted by Gasteiger charge is 2.65. The van der Waals surface area contributed by atoms with E-state index in [2.05, 4.69) is 61.5 Å². The Morgan fingerprint density at radius 1 is 1.00 bits per heavy atom. The molecule has 5 rings (SSSR count). The van der Waals surface area contributed by atoms with E-state index in [0.29, 0.717) is 34.5 Å². The zero-order valence-electron chi connectivity index (χ0n) is 22.6. The number of allylic oxidation sites excluding steroid dienone is 2. The topological polar surface area (TPSA) is 53.0 Å². The van der Waals surface area contributed by atoms with Crippen LogP contribution in [0.5, 0.6) is 0 Å². The SMILES string of the molecule is C[C@H](C[C@H](O)[C@@H]1OC1(C)C)[C@@H]1CC[C@]2(C)C3=CC[C@@H]4C(C)(C)[C@H](O)CC[C@]4(C)[C@@H]3CC[C@]12C. The van der Waals surface area contributed by atoms with E-state index in [9.17, 15) is 10.2 Å². The summed E-state index contributed by atoms with van der Waals surface area (Å²) in [5, 5.41) is 21.7. The summed E-state index contributed by atoms with van der Waals surface area (Å²) in [7, 11) is 0. The van der Waals surface area contributed by atoms with Crippen LogP contribution in [0, 0.1) is 45.3 Å². The van der Waals surface area contributed by atoms with Crippen molar-refractivity contribution in [1.82, 2.24) is 0 Å². The summed E-state index contributed by atoms with van der Waals surface area (Å²) < 4.78 is 5.76. The van der Waals surface area contributed by atoms with Crippen LogP contribution in [0.4, 0.5) is 0 Å². The third-order valence-corrected chi connectivity index (χ3v) is 12.6. The van der Waals surface area contributed by atoms with Gasteiger partial charge in [0.25, 0.3) is 0 Å². The molecule has 4 aliphatic carbocycles. The molecule has 188 valence electrons. The molecule has 0 aromatic rings. The van der Waals surface area contributed by atoms with Gasteiger partial charge >= 0.3 is 0 Å². The van der Waals surface area contributed by atoms with Crippen molar-refractivity contribution in [3.05, 3.63) is 11.6 Å². The summed E-state index contributed by atoms with van der Waals surface area (Å²) in [4.78, 5) is 0. The first-order valence-corrected chi connectivity index (χ1v) is 13.9. The maximum absolute atomic E-state index is 10.9. The molecule has 3 saturated carbocycles. The fourth-order valence-electron chi connectivity index (χ4n) is 10.2. The number of aliphatic hydroxyl groups is 2. The zero-order valence-corrected chi connectivity index (χ0v) is 22.6. The number of epoxide rings is 1. The quantitative estimate of drug-likeness (QED) is 0.372. The Kier molecular flexibility index (Phi) is 5.40. The summed E-state index contributed by atoms with van der Waals surface area (Å²) in [6.07, 6.45) is 11.4. The van der Waals surface area contributed by atoms with Crippen molar-refractivity contribution in [2.24, 2.45) is 45.3 Å². The van der Waals surface area contributed by atoms with Crippen LogP contribution in [0.1, 0.15) is 107 Å². The van der Waals surface area contributed by atoms with Gasteiger partial charge in [-0.25, -0.2) is 0 Å². The molecular weight excluding hydrogens is 408 g/mol. The van der Waals surface area contributed by atoms with E-state index in [1.165, 1.54) is 32.1 Å². The fraction of sp³-hybridized carbons (Fsp3) is 0.933. The van der Waals surface area contributed by atoms with Crippen molar-refractivity contribution in [3.8, 4) is 0 Å². The lowest BCUT2D eigenvalue weighted by Gasteiger charge is -2.64. The van der Waals surface area contributed by atoms with E-state index in [1.807, 2.05) is 0 Å². The smallest absolute Gasteiger partial charge is 0.113 e. The first kappa shape index (κ1) is 24.3. The molecule has 3 nitrogen and oxygen atoms in total. The first-order valence-electron chi connectivity index (χ1n) is 13.9. The molecule has 5 aliphatic rings. The molecule has 10 atom stereocenters. The van der Waals surface area contributed by atoms with E-state index in [4.69, 9.17) is 4.74 Å². The van der Waals surface area contributed by atoms with Crippen LogP contribution < -0.4 is 0 Å². The summed E-state index contributed by atoms with van der Waals surface area (Å²) in [6, 6.07) is 0. The van der Waals surface area contributed by atoms with Crippen LogP contribution in [-0.2, 0) is 4.74 Å². The summed E-state index contributed by atoms with van der Waals surface area (Å²) in [5.41, 5.74) is 2.50. The van der Waals surface area contributed by atoms with Crippen LogP contribution in [0.15, 0.2) is 11.6 Å². The van der Waals surface area contributed by atoms with Crippen molar-refractivity contribution in [2.75, 3.05) is 0 Å². The zero-order chi connectivity index (χ0) is 24.2. The molecule has 0 spiro atoms. The average molecular weight is 459 g/mol. The second-order valence-corrected chi connectivity index (χ2v) is 14.7. The van der Waals surface area contributed by atoms with Crippen molar-refractivity contribution in [2.45, 2.75) is 131 Å². The van der Waals surface area contributed by atoms with Gasteiger partial charge in [-0.2, -0.15) is 0 Å². The Hall–Kier alpha value is -0.380. The van der Waals surface area contributed by atoms with Crippen molar-refractivity contribution in [1.29, 1.82) is 0 Å². The van der Waals surface area contributed by atoms with Crippen molar-refractivity contribution in [3.63, 3.8) is 0 Å². The van der Waals surface area contributed by atoms with Crippen LogP contribution in [0.25, 0.3) is 0 Å². The standard InChI is InChI=1S/C30H50O3/c1-18(17-22(31)25-27(4,5)33-25)19-11-15-30(8)21-9-10-23-26(2,3)24(32)13-14-28(23,6)20(21)12-16-29(19,30)7/h9,18-20,22-25,31-32H,10-17H2,1-8H3/t18-,19+,20-,22+,23-,24-,25+,28-,29-,30-/m1/s1. The Bertz CT molecular complexity index is 828. The lowest BCUT2D eigenvalue weighted by Crippen LogP contribution is -2.58. The number of ether oxygens (including phenoxy) is 1. The molecule has 33 heavy (non-hydrogen) atoms. The highest BCUT2D eigenvalue weighted by Crippen LogP contribution is 2.73. The molecule has 2 N–H and O–H groups in total. The third kappa shape index (κ3) is 3.23. The Morgan fingerprint density at radius 2 is 1.67 bits per heavy atom. The van der Waals surface area contributed by atoms with Crippen LogP contribution >= 0.6 is 0 Å². The molecule has 1 aliphatic heterocycles. The summed E-state index contributed by atoms with van der Waals surface area (Å²) in [6.45, 7) is 19.0. The van der Waals surface area contributed by atoms with Crippen molar-refractivity contribution >= 4 is 0 Å². The third-order valence-electron chi connectivity index (χ3n) is 12.6. The maximum Gasteiger partial charge on any atom is 0.113 e. The Balaban J connectivity index is 1.40. The van der Waals surface area contributed by atoms with E-state index in [-0.39, 0.29) is 34.7 Å². The largest absolute Gasteiger partial charge is 0.393 e. The molecule has 0 amide bonds. The summed E-state index contributed by atoms with van der Waals surface area (Å²) >= 11 is 0. The van der Waals surface area contributed by atoms with E-state index in [1.54, 1.807) is 5.57 Å². The predicted octanol–water partition coefficient (Wildman–Crippen LogP) is 6.52. The normalized spacial score (nSPS) is 51.6. The minimum absolute atomic E-state index is 0.00178. The van der Waals surface area contributed by atoms with Crippen molar-refractivity contribution < 1.29 is 14.9 Å². The molecule has 4 fully saturated rings. The Labute approximate surface area is 202 Å². The summed E-state index contributed by atoms with van der Waals surface area (Å²) in [5.74, 6) is 2.42. The predicted molar refractivity (Wildman–Crippen MR) is 134 cm³/mol. The van der Waals surface area contributed by atoms with Gasteiger partial charge in [-0.3, -0.25) is 0 Å². The van der Waals surface area contributed by atoms with Gasteiger partial charge < -0.3 is 14.9 Å². The average Bonchev–Trinajstić information content (AvgIpc) is 3.26. The number of aliphatic hydroxyl groups excluding tert-OH is 2. The molecule has 0 aromatic heterocycles. The molecule has 0 aromatic carbocycles.